The number of hydrogen-bond donors (Lipinski definition) is 3. The third kappa shape index (κ3) is 5.71. The van der Waals surface area contributed by atoms with E-state index in [1.165, 1.54) is 23.5 Å². The Labute approximate surface area is 204 Å². The molecule has 1 saturated carbocycles. The maximum Gasteiger partial charge on any atom is 0.407 e. The smallest absolute Gasteiger partial charge is 0.336 e. The van der Waals surface area contributed by atoms with Gasteiger partial charge in [0.05, 0.1) is 24.0 Å². The van der Waals surface area contributed by atoms with Crippen molar-refractivity contribution in [2.45, 2.75) is 56.9 Å². The first-order chi connectivity index (χ1) is 16.6. The van der Waals surface area contributed by atoms with Crippen LogP contribution >= 0.6 is 11.3 Å². The number of thiazole rings is 1. The van der Waals surface area contributed by atoms with Gasteiger partial charge in [0.25, 0.3) is 0 Å². The molecule has 1 amide bonds. The highest BCUT2D eigenvalue weighted by Gasteiger charge is 2.48. The zero-order valence-corrected chi connectivity index (χ0v) is 20.0. The summed E-state index contributed by atoms with van der Waals surface area (Å²) in [6, 6.07) is 5.01. The fraction of sp³-hybridized carbons (Fsp3) is 0.417. The molecule has 2 atom stereocenters. The number of halogens is 3. The van der Waals surface area contributed by atoms with E-state index in [9.17, 15) is 23.2 Å². The van der Waals surface area contributed by atoms with Gasteiger partial charge in [-0.05, 0) is 30.7 Å². The predicted molar refractivity (Wildman–Crippen MR) is 126 cm³/mol. The summed E-state index contributed by atoms with van der Waals surface area (Å²) >= 11 is 1.31. The Kier molecular flexibility index (Phi) is 6.96. The lowest BCUT2D eigenvalue weighted by Gasteiger charge is -2.30. The molecule has 0 bridgehead atoms. The molecule has 7 nitrogen and oxygen atoms in total. The van der Waals surface area contributed by atoms with Crippen LogP contribution < -0.4 is 10.6 Å². The van der Waals surface area contributed by atoms with Crippen molar-refractivity contribution in [2.24, 2.45) is 5.92 Å². The molecule has 1 aliphatic carbocycles. The number of H-pyrrole nitrogens is 1. The summed E-state index contributed by atoms with van der Waals surface area (Å²) in [4.78, 5) is 17.5. The number of benzene rings is 1. The minimum atomic E-state index is -4.68. The van der Waals surface area contributed by atoms with E-state index in [-0.39, 0.29) is 17.9 Å². The molecule has 2 aromatic heterocycles. The third-order valence-corrected chi connectivity index (χ3v) is 6.73. The van der Waals surface area contributed by atoms with Crippen LogP contribution in [0.5, 0.6) is 0 Å². The molecule has 3 aromatic rings. The molecule has 1 aromatic carbocycles. The van der Waals surface area contributed by atoms with E-state index in [0.717, 1.165) is 5.56 Å². The van der Waals surface area contributed by atoms with Crippen molar-refractivity contribution in [2.75, 3.05) is 0 Å². The number of aromatic nitrogens is 3. The Balaban J connectivity index is 1.67. The van der Waals surface area contributed by atoms with Crippen LogP contribution in [0.1, 0.15) is 44.7 Å². The fourth-order valence-corrected chi connectivity index (χ4v) is 4.68. The molecule has 0 unspecified atom stereocenters. The molecule has 4 rings (SSSR count). The number of nitrogens with zero attached hydrogens (tertiary/aromatic N) is 3. The van der Waals surface area contributed by atoms with Gasteiger partial charge in [-0.2, -0.15) is 23.5 Å². The van der Waals surface area contributed by atoms with Gasteiger partial charge in [0.2, 0.25) is 5.91 Å². The molecule has 0 saturated heterocycles. The number of aromatic amines is 1. The average molecular weight is 503 g/mol. The van der Waals surface area contributed by atoms with E-state index in [4.69, 9.17) is 0 Å². The summed E-state index contributed by atoms with van der Waals surface area (Å²) in [5.41, 5.74) is 0.484. The van der Waals surface area contributed by atoms with Gasteiger partial charge in [0.15, 0.2) is 0 Å². The number of carbonyl (C=O) groups is 1. The minimum absolute atomic E-state index is 0.0213. The van der Waals surface area contributed by atoms with Crippen LogP contribution in [0.4, 0.5) is 13.2 Å². The maximum absolute atomic E-state index is 14.4. The van der Waals surface area contributed by atoms with Crippen LogP contribution in [0.25, 0.3) is 21.8 Å². The van der Waals surface area contributed by atoms with Gasteiger partial charge in [-0.3, -0.25) is 15.2 Å². The Morgan fingerprint density at radius 2 is 2.06 bits per heavy atom. The minimum Gasteiger partial charge on any atom is -0.336 e. The van der Waals surface area contributed by atoms with Crippen molar-refractivity contribution in [3.63, 3.8) is 0 Å². The number of nitrogens with one attached hydrogen (secondary N) is 3. The van der Waals surface area contributed by atoms with E-state index >= 15 is 0 Å². The number of hydrogen-bond acceptors (Lipinski definition) is 6. The predicted octanol–water partition coefficient (Wildman–Crippen LogP) is 4.98. The van der Waals surface area contributed by atoms with Crippen molar-refractivity contribution in [3.8, 4) is 27.9 Å². The molecule has 35 heavy (non-hydrogen) atoms. The van der Waals surface area contributed by atoms with Gasteiger partial charge in [-0.1, -0.05) is 38.1 Å². The lowest BCUT2D eigenvalue weighted by Crippen LogP contribution is -2.52. The summed E-state index contributed by atoms with van der Waals surface area (Å²) < 4.78 is 43.3. The summed E-state index contributed by atoms with van der Waals surface area (Å²) in [6.45, 7) is 3.67. The highest BCUT2D eigenvalue weighted by molar-refractivity contribution is 7.13. The van der Waals surface area contributed by atoms with Crippen LogP contribution in [0.15, 0.2) is 42.0 Å². The Morgan fingerprint density at radius 3 is 2.66 bits per heavy atom. The Bertz CT molecular complexity index is 1210. The van der Waals surface area contributed by atoms with Gasteiger partial charge in [-0.15, -0.1) is 11.3 Å². The molecule has 11 heteroatoms. The van der Waals surface area contributed by atoms with Crippen LogP contribution in [0.2, 0.25) is 0 Å². The summed E-state index contributed by atoms with van der Waals surface area (Å²) in [7, 11) is 0. The van der Waals surface area contributed by atoms with E-state index in [0.29, 0.717) is 29.1 Å². The summed E-state index contributed by atoms with van der Waals surface area (Å²) in [6.07, 6.45) is -0.240. The zero-order valence-electron chi connectivity index (χ0n) is 19.2. The van der Waals surface area contributed by atoms with E-state index in [1.807, 2.05) is 13.8 Å². The van der Waals surface area contributed by atoms with Crippen molar-refractivity contribution < 1.29 is 18.0 Å². The molecular formula is C24H25F3N6OS. The van der Waals surface area contributed by atoms with Crippen molar-refractivity contribution in [3.05, 3.63) is 47.6 Å². The molecule has 1 fully saturated rings. The van der Waals surface area contributed by atoms with Gasteiger partial charge in [-0.25, -0.2) is 4.98 Å². The molecule has 0 radical (unpaired) electrons. The largest absolute Gasteiger partial charge is 0.407 e. The van der Waals surface area contributed by atoms with Crippen LogP contribution in [-0.2, 0) is 4.79 Å². The molecule has 1 aliphatic rings. The zero-order chi connectivity index (χ0) is 25.2. The number of amides is 1. The van der Waals surface area contributed by atoms with Crippen molar-refractivity contribution in [1.82, 2.24) is 25.8 Å². The monoisotopic (exact) mass is 502 g/mol. The quantitative estimate of drug-likeness (QED) is 0.383. The lowest BCUT2D eigenvalue weighted by atomic mass is 9.95. The highest BCUT2D eigenvalue weighted by Crippen LogP contribution is 2.40. The summed E-state index contributed by atoms with van der Waals surface area (Å²) in [5, 5.41) is 23.5. The lowest BCUT2D eigenvalue weighted by molar-refractivity contribution is -0.161. The molecule has 184 valence electrons. The van der Waals surface area contributed by atoms with E-state index < -0.39 is 29.7 Å². The first kappa shape index (κ1) is 24.9. The van der Waals surface area contributed by atoms with E-state index in [1.54, 1.807) is 29.9 Å². The average Bonchev–Trinajstić information content (AvgIpc) is 3.18. The number of alkyl halides is 3. The first-order valence-electron chi connectivity index (χ1n) is 11.2. The maximum atomic E-state index is 14.4. The van der Waals surface area contributed by atoms with Gasteiger partial charge >= 0.3 is 6.18 Å². The SMILES string of the molecule is CC(C)C[C@H](N[C@@H](c1ccccc1-c1csc(-c2cn[nH]c2)n1)C(F)(F)F)C(=O)NC1(C#N)CC1. The molecular weight excluding hydrogens is 477 g/mol. The van der Waals surface area contributed by atoms with Gasteiger partial charge in [0.1, 0.15) is 16.6 Å². The van der Waals surface area contributed by atoms with Crippen molar-refractivity contribution in [1.29, 1.82) is 5.26 Å². The first-order valence-corrected chi connectivity index (χ1v) is 12.1. The standard InChI is InChI=1S/C24H25F3N6OS/c1-14(2)9-18(21(34)33-23(13-28)7-8-23)31-20(24(25,26)27)17-6-4-3-5-16(17)19-12-35-22(32-19)15-10-29-30-11-15/h3-6,10-12,14,18,20,31H,7-9H2,1-2H3,(H,29,30)(H,33,34)/t18-,20-/m0/s1. The second-order valence-corrected chi connectivity index (χ2v) is 9.98. The van der Waals surface area contributed by atoms with Crippen LogP contribution in [0.3, 0.4) is 0 Å². The van der Waals surface area contributed by atoms with Gasteiger partial charge in [0, 0.05) is 22.7 Å². The van der Waals surface area contributed by atoms with Crippen molar-refractivity contribution >= 4 is 17.2 Å². The normalized spacial score (nSPS) is 16.5. The Hall–Kier alpha value is -3.23. The molecule has 2 heterocycles. The number of rotatable bonds is 9. The molecule has 0 spiro atoms. The summed E-state index contributed by atoms with van der Waals surface area (Å²) in [5.74, 6) is -0.643. The molecule has 0 aliphatic heterocycles. The number of carbonyl (C=O) groups excluding carboxylic acids is 1. The topological polar surface area (TPSA) is 106 Å². The highest BCUT2D eigenvalue weighted by atomic mass is 32.1. The van der Waals surface area contributed by atoms with Gasteiger partial charge < -0.3 is 5.32 Å². The Morgan fingerprint density at radius 1 is 1.31 bits per heavy atom. The molecule has 3 N–H and O–H groups in total. The second kappa shape index (κ2) is 9.79. The number of nitriles is 1. The van der Waals surface area contributed by atoms with Crippen LogP contribution in [0, 0.1) is 17.2 Å². The fourth-order valence-electron chi connectivity index (χ4n) is 3.88. The van der Waals surface area contributed by atoms with E-state index in [2.05, 4.69) is 31.9 Å². The second-order valence-electron chi connectivity index (χ2n) is 9.12. The van der Waals surface area contributed by atoms with Crippen LogP contribution in [-0.4, -0.2) is 38.8 Å². The third-order valence-electron chi connectivity index (χ3n) is 5.84.